The SMILES string of the molecule is CC[C@H]1CCCCN1C(=O)c1cc(S(=O)(=O)N2CCOCC2)ccc1C. The van der Waals surface area contributed by atoms with Crippen molar-refractivity contribution in [2.45, 2.75) is 50.5 Å². The molecule has 0 unspecified atom stereocenters. The van der Waals surface area contributed by atoms with Crippen molar-refractivity contribution < 1.29 is 17.9 Å². The number of sulfonamides is 1. The van der Waals surface area contributed by atoms with Crippen molar-refractivity contribution in [3.05, 3.63) is 29.3 Å². The van der Waals surface area contributed by atoms with Crippen molar-refractivity contribution in [3.63, 3.8) is 0 Å². The fourth-order valence-electron chi connectivity index (χ4n) is 3.78. The molecule has 3 rings (SSSR count). The minimum Gasteiger partial charge on any atom is -0.379 e. The summed E-state index contributed by atoms with van der Waals surface area (Å²) < 4.78 is 32.5. The largest absolute Gasteiger partial charge is 0.379 e. The Balaban J connectivity index is 1.91. The molecule has 0 bridgehead atoms. The Morgan fingerprint density at radius 3 is 2.62 bits per heavy atom. The van der Waals surface area contributed by atoms with Gasteiger partial charge in [0.2, 0.25) is 10.0 Å². The second-order valence-corrected chi connectivity index (χ2v) is 8.99. The van der Waals surface area contributed by atoms with Crippen LogP contribution in [0.25, 0.3) is 0 Å². The fraction of sp³-hybridized carbons (Fsp3) is 0.632. The number of likely N-dealkylation sites (tertiary alicyclic amines) is 1. The van der Waals surface area contributed by atoms with Crippen molar-refractivity contribution >= 4 is 15.9 Å². The molecule has 0 aliphatic carbocycles. The monoisotopic (exact) mass is 380 g/mol. The topological polar surface area (TPSA) is 66.9 Å². The molecule has 2 aliphatic heterocycles. The predicted octanol–water partition coefficient (Wildman–Crippen LogP) is 2.42. The third kappa shape index (κ3) is 3.80. The smallest absolute Gasteiger partial charge is 0.254 e. The summed E-state index contributed by atoms with van der Waals surface area (Å²) in [6, 6.07) is 5.15. The Bertz CT molecular complexity index is 757. The number of piperidine rings is 1. The maximum atomic E-state index is 13.1. The van der Waals surface area contributed by atoms with Gasteiger partial charge in [-0.2, -0.15) is 4.31 Å². The molecule has 7 heteroatoms. The van der Waals surface area contributed by atoms with Crippen LogP contribution in [0.1, 0.15) is 48.5 Å². The molecule has 0 saturated carbocycles. The number of carbonyl (C=O) groups is 1. The van der Waals surface area contributed by atoms with Crippen LogP contribution in [0.4, 0.5) is 0 Å². The van der Waals surface area contributed by atoms with Gasteiger partial charge in [0, 0.05) is 31.2 Å². The van der Waals surface area contributed by atoms with E-state index in [1.807, 2.05) is 11.8 Å². The zero-order chi connectivity index (χ0) is 18.7. The summed E-state index contributed by atoms with van der Waals surface area (Å²) in [6.45, 7) is 6.22. The van der Waals surface area contributed by atoms with E-state index in [4.69, 9.17) is 4.74 Å². The lowest BCUT2D eigenvalue weighted by molar-refractivity contribution is 0.0607. The standard InChI is InChI=1S/C19H28N2O4S/c1-3-16-6-4-5-9-21(16)19(22)18-14-17(8-7-15(18)2)26(23,24)20-10-12-25-13-11-20/h7-8,14,16H,3-6,9-13H2,1-2H3/t16-/m0/s1. The molecule has 1 atom stereocenters. The molecule has 1 aromatic rings. The van der Waals surface area contributed by atoms with Crippen LogP contribution in [0.3, 0.4) is 0 Å². The molecule has 0 N–H and O–H groups in total. The van der Waals surface area contributed by atoms with Gasteiger partial charge in [0.1, 0.15) is 0 Å². The average Bonchev–Trinajstić information content (AvgIpc) is 2.68. The van der Waals surface area contributed by atoms with Crippen LogP contribution in [0.2, 0.25) is 0 Å². The summed E-state index contributed by atoms with van der Waals surface area (Å²) >= 11 is 0. The van der Waals surface area contributed by atoms with Gasteiger partial charge in [-0.25, -0.2) is 8.42 Å². The van der Waals surface area contributed by atoms with Crippen LogP contribution in [-0.4, -0.2) is 62.4 Å². The van der Waals surface area contributed by atoms with E-state index in [1.165, 1.54) is 4.31 Å². The quantitative estimate of drug-likeness (QED) is 0.805. The van der Waals surface area contributed by atoms with Gasteiger partial charge in [0.15, 0.2) is 0 Å². The van der Waals surface area contributed by atoms with Gasteiger partial charge in [0.05, 0.1) is 18.1 Å². The lowest BCUT2D eigenvalue weighted by Gasteiger charge is -2.35. The van der Waals surface area contributed by atoms with Gasteiger partial charge in [-0.05, 0) is 50.3 Å². The Morgan fingerprint density at radius 1 is 1.19 bits per heavy atom. The summed E-state index contributed by atoms with van der Waals surface area (Å²) in [4.78, 5) is 15.3. The Kier molecular flexibility index (Phi) is 5.99. The molecule has 6 nitrogen and oxygen atoms in total. The molecule has 2 saturated heterocycles. The average molecular weight is 381 g/mol. The summed E-state index contributed by atoms with van der Waals surface area (Å²) in [5.41, 5.74) is 1.32. The number of ether oxygens (including phenoxy) is 1. The Hall–Kier alpha value is -1.44. The summed E-state index contributed by atoms with van der Waals surface area (Å²) in [7, 11) is -3.60. The van der Waals surface area contributed by atoms with E-state index in [9.17, 15) is 13.2 Å². The van der Waals surface area contributed by atoms with E-state index in [-0.39, 0.29) is 16.8 Å². The maximum Gasteiger partial charge on any atom is 0.254 e. The molecule has 0 spiro atoms. The van der Waals surface area contributed by atoms with E-state index in [2.05, 4.69) is 6.92 Å². The highest BCUT2D eigenvalue weighted by Gasteiger charge is 2.30. The second-order valence-electron chi connectivity index (χ2n) is 7.05. The van der Waals surface area contributed by atoms with Crippen molar-refractivity contribution in [1.29, 1.82) is 0 Å². The molecular formula is C19H28N2O4S. The number of nitrogens with zero attached hydrogens (tertiary/aromatic N) is 2. The summed E-state index contributed by atoms with van der Waals surface area (Å²) in [6.07, 6.45) is 4.10. The first-order chi connectivity index (χ1) is 12.4. The van der Waals surface area contributed by atoms with Crippen LogP contribution in [0, 0.1) is 6.92 Å². The van der Waals surface area contributed by atoms with Crippen molar-refractivity contribution in [2.24, 2.45) is 0 Å². The first-order valence-corrected chi connectivity index (χ1v) is 10.9. The van der Waals surface area contributed by atoms with Gasteiger partial charge in [-0.1, -0.05) is 13.0 Å². The van der Waals surface area contributed by atoms with E-state index in [0.29, 0.717) is 31.9 Å². The van der Waals surface area contributed by atoms with Crippen molar-refractivity contribution in [1.82, 2.24) is 9.21 Å². The number of carbonyl (C=O) groups excluding carboxylic acids is 1. The van der Waals surface area contributed by atoms with Gasteiger partial charge in [0.25, 0.3) is 5.91 Å². The molecule has 2 aliphatic rings. The van der Waals surface area contributed by atoms with Crippen molar-refractivity contribution in [2.75, 3.05) is 32.8 Å². The Morgan fingerprint density at radius 2 is 1.92 bits per heavy atom. The summed E-state index contributed by atoms with van der Waals surface area (Å²) in [5, 5.41) is 0. The molecule has 1 amide bonds. The molecular weight excluding hydrogens is 352 g/mol. The van der Waals surface area contributed by atoms with Crippen LogP contribution in [0.15, 0.2) is 23.1 Å². The normalized spacial score (nSPS) is 22.4. The zero-order valence-corrected chi connectivity index (χ0v) is 16.4. The number of morpholine rings is 1. The molecule has 0 radical (unpaired) electrons. The number of aryl methyl sites for hydroxylation is 1. The highest BCUT2D eigenvalue weighted by atomic mass is 32.2. The lowest BCUT2D eigenvalue weighted by atomic mass is 9.98. The first kappa shape index (κ1) is 19.3. The highest BCUT2D eigenvalue weighted by Crippen LogP contribution is 2.25. The molecule has 26 heavy (non-hydrogen) atoms. The van der Waals surface area contributed by atoms with E-state index >= 15 is 0 Å². The van der Waals surface area contributed by atoms with E-state index in [1.54, 1.807) is 18.2 Å². The van der Waals surface area contributed by atoms with E-state index < -0.39 is 10.0 Å². The minimum atomic E-state index is -3.60. The molecule has 144 valence electrons. The maximum absolute atomic E-state index is 13.1. The number of hydrogen-bond donors (Lipinski definition) is 0. The lowest BCUT2D eigenvalue weighted by Crippen LogP contribution is -2.43. The predicted molar refractivity (Wildman–Crippen MR) is 99.7 cm³/mol. The molecule has 1 aromatic carbocycles. The first-order valence-electron chi connectivity index (χ1n) is 9.44. The fourth-order valence-corrected chi connectivity index (χ4v) is 5.21. The van der Waals surface area contributed by atoms with Gasteiger partial charge in [-0.3, -0.25) is 4.79 Å². The van der Waals surface area contributed by atoms with Crippen LogP contribution in [0.5, 0.6) is 0 Å². The van der Waals surface area contributed by atoms with Crippen LogP contribution >= 0.6 is 0 Å². The van der Waals surface area contributed by atoms with Crippen LogP contribution < -0.4 is 0 Å². The number of hydrogen-bond acceptors (Lipinski definition) is 4. The van der Waals surface area contributed by atoms with Gasteiger partial charge >= 0.3 is 0 Å². The third-order valence-electron chi connectivity index (χ3n) is 5.41. The molecule has 0 aromatic heterocycles. The van der Waals surface area contributed by atoms with Crippen LogP contribution in [-0.2, 0) is 14.8 Å². The van der Waals surface area contributed by atoms with Gasteiger partial charge < -0.3 is 9.64 Å². The number of rotatable bonds is 4. The highest BCUT2D eigenvalue weighted by molar-refractivity contribution is 7.89. The molecule has 2 fully saturated rings. The van der Waals surface area contributed by atoms with Gasteiger partial charge in [-0.15, -0.1) is 0 Å². The number of amides is 1. The van der Waals surface area contributed by atoms with E-state index in [0.717, 1.165) is 37.8 Å². The third-order valence-corrected chi connectivity index (χ3v) is 7.30. The Labute approximate surface area is 156 Å². The second kappa shape index (κ2) is 8.06. The number of benzene rings is 1. The zero-order valence-electron chi connectivity index (χ0n) is 15.6. The summed E-state index contributed by atoms with van der Waals surface area (Å²) in [5.74, 6) is -0.0481. The van der Waals surface area contributed by atoms with Crippen molar-refractivity contribution in [3.8, 4) is 0 Å². The minimum absolute atomic E-state index is 0.0481. The molecule has 2 heterocycles.